The molecular formula is C20H19N3O5S. The van der Waals surface area contributed by atoms with E-state index in [2.05, 4.69) is 10.3 Å². The number of fused-ring (bicyclic) bond motifs is 1. The summed E-state index contributed by atoms with van der Waals surface area (Å²) in [7, 11) is 1.29. The van der Waals surface area contributed by atoms with Crippen LogP contribution < -0.4 is 10.9 Å². The lowest BCUT2D eigenvalue weighted by Crippen LogP contribution is -2.28. The van der Waals surface area contributed by atoms with Crippen LogP contribution in [0.15, 0.2) is 51.0 Å². The molecule has 1 N–H and O–H groups in total. The lowest BCUT2D eigenvalue weighted by atomic mass is 10.1. The lowest BCUT2D eigenvalue weighted by molar-refractivity contribution is -0.118. The smallest absolute Gasteiger partial charge is 0.337 e. The second-order valence-corrected chi connectivity index (χ2v) is 7.66. The molecule has 1 aliphatic carbocycles. The first-order valence-electron chi connectivity index (χ1n) is 9.12. The average molecular weight is 413 g/mol. The highest BCUT2D eigenvalue weighted by atomic mass is 32.2. The third-order valence-electron chi connectivity index (χ3n) is 4.51. The topological polar surface area (TPSA) is 103 Å². The summed E-state index contributed by atoms with van der Waals surface area (Å²) in [6.07, 6.45) is 3.54. The van der Waals surface area contributed by atoms with Gasteiger partial charge in [-0.05, 0) is 43.2 Å². The molecule has 1 fully saturated rings. The van der Waals surface area contributed by atoms with Crippen LogP contribution in [0.4, 0.5) is 0 Å². The Morgan fingerprint density at radius 3 is 2.86 bits per heavy atom. The maximum Gasteiger partial charge on any atom is 0.337 e. The number of thioether (sulfide) groups is 1. The molecule has 1 aromatic carbocycles. The minimum Gasteiger partial charge on any atom is -0.467 e. The number of hydrogen-bond acceptors (Lipinski definition) is 7. The predicted octanol–water partition coefficient (Wildman–Crippen LogP) is 2.20. The van der Waals surface area contributed by atoms with Gasteiger partial charge in [0.2, 0.25) is 5.91 Å². The zero-order valence-corrected chi connectivity index (χ0v) is 16.5. The fourth-order valence-electron chi connectivity index (χ4n) is 2.88. The number of aromatic nitrogens is 2. The van der Waals surface area contributed by atoms with E-state index in [1.165, 1.54) is 41.8 Å². The van der Waals surface area contributed by atoms with Crippen molar-refractivity contribution in [2.75, 3.05) is 12.9 Å². The molecule has 0 atom stereocenters. The number of hydrogen-bond donors (Lipinski definition) is 1. The second-order valence-electron chi connectivity index (χ2n) is 6.72. The van der Waals surface area contributed by atoms with Gasteiger partial charge in [0.25, 0.3) is 5.56 Å². The van der Waals surface area contributed by atoms with Gasteiger partial charge < -0.3 is 14.5 Å². The number of nitrogens with one attached hydrogen (secondary N) is 1. The molecule has 0 spiro atoms. The standard InChI is InChI=1S/C20H19N3O5S/c1-27-19(26)12-4-7-15-16(9-12)22-20(29-11-17(24)21-13-5-6-13)23(18(15)25)10-14-3-2-8-28-14/h2-4,7-9,13H,5-6,10-11H2,1H3,(H,21,24). The van der Waals surface area contributed by atoms with Gasteiger partial charge in [0.15, 0.2) is 5.16 Å². The van der Waals surface area contributed by atoms with Crippen LogP contribution in [-0.2, 0) is 16.1 Å². The van der Waals surface area contributed by atoms with E-state index in [-0.39, 0.29) is 29.8 Å². The van der Waals surface area contributed by atoms with Crippen molar-refractivity contribution in [3.8, 4) is 0 Å². The SMILES string of the molecule is COC(=O)c1ccc2c(=O)n(Cc3ccco3)c(SCC(=O)NC3CC3)nc2c1. The van der Waals surface area contributed by atoms with Gasteiger partial charge in [-0.1, -0.05) is 11.8 Å². The highest BCUT2D eigenvalue weighted by Gasteiger charge is 2.23. The van der Waals surface area contributed by atoms with Gasteiger partial charge in [0.05, 0.1) is 42.1 Å². The van der Waals surface area contributed by atoms with E-state index < -0.39 is 5.97 Å². The maximum atomic E-state index is 13.1. The summed E-state index contributed by atoms with van der Waals surface area (Å²) < 4.78 is 11.6. The molecule has 0 radical (unpaired) electrons. The first-order chi connectivity index (χ1) is 14.0. The van der Waals surface area contributed by atoms with Crippen molar-refractivity contribution in [3.63, 3.8) is 0 Å². The van der Waals surface area contributed by atoms with Crippen molar-refractivity contribution in [2.24, 2.45) is 0 Å². The summed E-state index contributed by atoms with van der Waals surface area (Å²) in [4.78, 5) is 41.6. The number of esters is 1. The third-order valence-corrected chi connectivity index (χ3v) is 5.49. The van der Waals surface area contributed by atoms with Crippen molar-refractivity contribution in [2.45, 2.75) is 30.6 Å². The summed E-state index contributed by atoms with van der Waals surface area (Å²) in [5.74, 6) is 0.137. The number of benzene rings is 1. The molecule has 4 rings (SSSR count). The van der Waals surface area contributed by atoms with Gasteiger partial charge in [-0.2, -0.15) is 0 Å². The first kappa shape index (κ1) is 19.3. The Kier molecular flexibility index (Phi) is 5.39. The van der Waals surface area contributed by atoms with E-state index in [9.17, 15) is 14.4 Å². The normalized spacial score (nSPS) is 13.4. The van der Waals surface area contributed by atoms with Crippen molar-refractivity contribution < 1.29 is 18.7 Å². The number of carbonyl (C=O) groups excluding carboxylic acids is 2. The summed E-state index contributed by atoms with van der Waals surface area (Å²) in [6, 6.07) is 8.39. The number of methoxy groups -OCH3 is 1. The number of amides is 1. The largest absolute Gasteiger partial charge is 0.467 e. The Bertz CT molecular complexity index is 1120. The molecule has 150 valence electrons. The highest BCUT2D eigenvalue weighted by molar-refractivity contribution is 7.99. The molecule has 3 aromatic rings. The molecule has 0 bridgehead atoms. The highest BCUT2D eigenvalue weighted by Crippen LogP contribution is 2.22. The fraction of sp³-hybridized carbons (Fsp3) is 0.300. The van der Waals surface area contributed by atoms with Crippen LogP contribution in [0.3, 0.4) is 0 Å². The summed E-state index contributed by atoms with van der Waals surface area (Å²) in [5.41, 5.74) is 0.407. The van der Waals surface area contributed by atoms with Crippen molar-refractivity contribution in [3.05, 3.63) is 58.3 Å². The van der Waals surface area contributed by atoms with E-state index in [1.54, 1.807) is 18.2 Å². The van der Waals surface area contributed by atoms with Gasteiger partial charge in [-0.3, -0.25) is 14.2 Å². The van der Waals surface area contributed by atoms with Crippen molar-refractivity contribution in [1.82, 2.24) is 14.9 Å². The van der Waals surface area contributed by atoms with Gasteiger partial charge in [-0.15, -0.1) is 0 Å². The Balaban J connectivity index is 1.71. The average Bonchev–Trinajstić information content (AvgIpc) is 3.38. The molecular weight excluding hydrogens is 394 g/mol. The molecule has 1 aliphatic rings. The molecule has 29 heavy (non-hydrogen) atoms. The van der Waals surface area contributed by atoms with E-state index in [0.29, 0.717) is 27.4 Å². The monoisotopic (exact) mass is 413 g/mol. The Labute approximate surface area is 170 Å². The Morgan fingerprint density at radius 2 is 2.17 bits per heavy atom. The first-order valence-corrected chi connectivity index (χ1v) is 10.1. The van der Waals surface area contributed by atoms with Crippen molar-refractivity contribution >= 4 is 34.5 Å². The zero-order chi connectivity index (χ0) is 20.4. The number of carbonyl (C=O) groups is 2. The van der Waals surface area contributed by atoms with Crippen LogP contribution in [0, 0.1) is 0 Å². The van der Waals surface area contributed by atoms with Crippen LogP contribution in [0.2, 0.25) is 0 Å². The molecule has 0 saturated heterocycles. The molecule has 2 heterocycles. The maximum absolute atomic E-state index is 13.1. The molecule has 1 amide bonds. The predicted molar refractivity (Wildman–Crippen MR) is 107 cm³/mol. The van der Waals surface area contributed by atoms with E-state index >= 15 is 0 Å². The molecule has 8 nitrogen and oxygen atoms in total. The molecule has 0 unspecified atom stereocenters. The second kappa shape index (κ2) is 8.12. The van der Waals surface area contributed by atoms with Crippen LogP contribution >= 0.6 is 11.8 Å². The van der Waals surface area contributed by atoms with Crippen LogP contribution in [0.5, 0.6) is 0 Å². The quantitative estimate of drug-likeness (QED) is 0.360. The van der Waals surface area contributed by atoms with Crippen LogP contribution in [-0.4, -0.2) is 40.3 Å². The Morgan fingerprint density at radius 1 is 1.34 bits per heavy atom. The van der Waals surface area contributed by atoms with Crippen LogP contribution in [0.25, 0.3) is 10.9 Å². The van der Waals surface area contributed by atoms with E-state index in [1.807, 2.05) is 0 Å². The minimum absolute atomic E-state index is 0.0975. The molecule has 2 aromatic heterocycles. The van der Waals surface area contributed by atoms with Crippen molar-refractivity contribution in [1.29, 1.82) is 0 Å². The van der Waals surface area contributed by atoms with Crippen LogP contribution in [0.1, 0.15) is 29.0 Å². The fourth-order valence-corrected chi connectivity index (χ4v) is 3.69. The third kappa shape index (κ3) is 4.34. The summed E-state index contributed by atoms with van der Waals surface area (Å²) >= 11 is 1.18. The zero-order valence-electron chi connectivity index (χ0n) is 15.7. The number of ether oxygens (including phenoxy) is 1. The van der Waals surface area contributed by atoms with Gasteiger partial charge in [-0.25, -0.2) is 9.78 Å². The number of furan rings is 1. The van der Waals surface area contributed by atoms with Gasteiger partial charge >= 0.3 is 5.97 Å². The number of rotatable bonds is 7. The van der Waals surface area contributed by atoms with Gasteiger partial charge in [0, 0.05) is 6.04 Å². The van der Waals surface area contributed by atoms with Gasteiger partial charge in [0.1, 0.15) is 5.76 Å². The summed E-state index contributed by atoms with van der Waals surface area (Å²) in [5, 5.41) is 3.67. The number of nitrogens with zero attached hydrogens (tertiary/aromatic N) is 2. The molecule has 0 aliphatic heterocycles. The Hall–Kier alpha value is -3.07. The molecule has 1 saturated carbocycles. The lowest BCUT2D eigenvalue weighted by Gasteiger charge is -2.12. The minimum atomic E-state index is -0.508. The van der Waals surface area contributed by atoms with E-state index in [0.717, 1.165) is 12.8 Å². The molecule has 9 heteroatoms. The van der Waals surface area contributed by atoms with E-state index in [4.69, 9.17) is 9.15 Å². The summed E-state index contributed by atoms with van der Waals surface area (Å²) in [6.45, 7) is 0.195.